The van der Waals surface area contributed by atoms with E-state index in [0.717, 1.165) is 25.7 Å². The molecule has 2 fully saturated rings. The zero-order valence-corrected chi connectivity index (χ0v) is 15.4. The van der Waals surface area contributed by atoms with Gasteiger partial charge in [0.1, 0.15) is 11.1 Å². The average molecular weight is 375 g/mol. The molecule has 1 aromatic heterocycles. The van der Waals surface area contributed by atoms with Crippen molar-refractivity contribution in [2.24, 2.45) is 5.92 Å². The first kappa shape index (κ1) is 18.4. The molecule has 0 spiro atoms. The molecule has 1 saturated carbocycles. The van der Waals surface area contributed by atoms with Gasteiger partial charge in [0.25, 0.3) is 5.91 Å². The molecule has 1 aliphatic carbocycles. The summed E-state index contributed by atoms with van der Waals surface area (Å²) >= 11 is 1.23. The van der Waals surface area contributed by atoms with Crippen molar-refractivity contribution < 1.29 is 19.1 Å². The van der Waals surface area contributed by atoms with Crippen LogP contribution in [-0.2, 0) is 19.1 Å². The predicted molar refractivity (Wildman–Crippen MR) is 95.3 cm³/mol. The first-order valence-corrected chi connectivity index (χ1v) is 9.66. The third-order valence-corrected chi connectivity index (χ3v) is 5.77. The van der Waals surface area contributed by atoms with Crippen molar-refractivity contribution in [2.45, 2.75) is 51.2 Å². The second-order valence-electron chi connectivity index (χ2n) is 6.73. The topological polar surface area (TPSA) is 99.5 Å². The number of amides is 2. The van der Waals surface area contributed by atoms with Gasteiger partial charge in [-0.15, -0.1) is 11.3 Å². The van der Waals surface area contributed by atoms with Crippen LogP contribution in [0.15, 0.2) is 11.4 Å². The quantitative estimate of drug-likeness (QED) is 0.796. The summed E-state index contributed by atoms with van der Waals surface area (Å²) in [5, 5.41) is 13.7. The molecule has 138 valence electrons. The third kappa shape index (κ3) is 3.88. The summed E-state index contributed by atoms with van der Waals surface area (Å²) in [5.74, 6) is -1.54. The van der Waals surface area contributed by atoms with Crippen LogP contribution < -0.4 is 5.32 Å². The molecule has 0 bridgehead atoms. The summed E-state index contributed by atoms with van der Waals surface area (Å²) in [6.45, 7) is 1.86. The van der Waals surface area contributed by atoms with Crippen molar-refractivity contribution in [3.63, 3.8) is 0 Å². The highest BCUT2D eigenvalue weighted by Crippen LogP contribution is 2.30. The Morgan fingerprint density at radius 2 is 2.15 bits per heavy atom. The minimum absolute atomic E-state index is 0.00629. The van der Waals surface area contributed by atoms with Gasteiger partial charge in [-0.2, -0.15) is 5.26 Å². The summed E-state index contributed by atoms with van der Waals surface area (Å²) in [6, 6.07) is 3.84. The fourth-order valence-electron chi connectivity index (χ4n) is 3.49. The highest BCUT2D eigenvalue weighted by Gasteiger charge is 2.40. The van der Waals surface area contributed by atoms with Crippen LogP contribution >= 0.6 is 11.3 Å². The average Bonchev–Trinajstić information content (AvgIpc) is 3.34. The van der Waals surface area contributed by atoms with Crippen LogP contribution in [0.1, 0.15) is 44.6 Å². The van der Waals surface area contributed by atoms with Crippen molar-refractivity contribution >= 4 is 34.1 Å². The molecule has 26 heavy (non-hydrogen) atoms. The maximum Gasteiger partial charge on any atom is 0.312 e. The van der Waals surface area contributed by atoms with Crippen LogP contribution in [0.2, 0.25) is 0 Å². The molecular weight excluding hydrogens is 354 g/mol. The number of rotatable bonds is 5. The number of hydrogen-bond donors (Lipinski definition) is 1. The number of nitriles is 1. The zero-order chi connectivity index (χ0) is 18.7. The molecule has 8 heteroatoms. The largest absolute Gasteiger partial charge is 0.452 e. The number of carbonyl (C=O) groups is 3. The van der Waals surface area contributed by atoms with Gasteiger partial charge in [0.05, 0.1) is 11.5 Å². The van der Waals surface area contributed by atoms with Gasteiger partial charge in [0.2, 0.25) is 5.91 Å². The third-order valence-electron chi connectivity index (χ3n) is 4.94. The standard InChI is InChI=1S/C18H21N3O4S/c1-11(16(23)20-17-12(9-19)6-7-26-17)25-18(24)13-8-15(22)21(10-13)14-4-2-3-5-14/h6-7,11,13-14H,2-5,8,10H2,1H3,(H,20,23)/t11-,13+/m0/s1. The second kappa shape index (κ2) is 7.87. The molecule has 0 unspecified atom stereocenters. The number of ether oxygens (including phenoxy) is 1. The lowest BCUT2D eigenvalue weighted by atomic mass is 10.1. The first-order valence-electron chi connectivity index (χ1n) is 8.78. The SMILES string of the molecule is C[C@H](OC(=O)[C@@H]1CC(=O)N(C2CCCC2)C1)C(=O)Nc1sccc1C#N. The molecule has 3 rings (SSSR count). The van der Waals surface area contributed by atoms with E-state index >= 15 is 0 Å². The number of hydrogen-bond acceptors (Lipinski definition) is 6. The van der Waals surface area contributed by atoms with E-state index in [0.29, 0.717) is 17.1 Å². The summed E-state index contributed by atoms with van der Waals surface area (Å²) in [7, 11) is 0. The van der Waals surface area contributed by atoms with Gasteiger partial charge < -0.3 is 15.0 Å². The van der Waals surface area contributed by atoms with E-state index in [1.54, 1.807) is 16.3 Å². The highest BCUT2D eigenvalue weighted by atomic mass is 32.1. The molecule has 0 radical (unpaired) electrons. The number of carbonyl (C=O) groups excluding carboxylic acids is 3. The summed E-state index contributed by atoms with van der Waals surface area (Å²) in [5.41, 5.74) is 0.371. The number of thiophene rings is 1. The Morgan fingerprint density at radius 3 is 2.85 bits per heavy atom. The number of nitrogens with zero attached hydrogens (tertiary/aromatic N) is 2. The molecular formula is C18H21N3O4S. The lowest BCUT2D eigenvalue weighted by Crippen LogP contribution is -2.36. The van der Waals surface area contributed by atoms with Gasteiger partial charge in [-0.3, -0.25) is 14.4 Å². The lowest BCUT2D eigenvalue weighted by Gasteiger charge is -2.24. The van der Waals surface area contributed by atoms with Gasteiger partial charge in [0, 0.05) is 19.0 Å². The minimum Gasteiger partial charge on any atom is -0.452 e. The Kier molecular flexibility index (Phi) is 5.57. The van der Waals surface area contributed by atoms with E-state index in [4.69, 9.17) is 10.00 Å². The highest BCUT2D eigenvalue weighted by molar-refractivity contribution is 7.14. The van der Waals surface area contributed by atoms with Crippen LogP contribution in [0.4, 0.5) is 5.00 Å². The maximum absolute atomic E-state index is 12.4. The van der Waals surface area contributed by atoms with Crippen molar-refractivity contribution in [1.82, 2.24) is 4.90 Å². The Labute approximate surface area is 155 Å². The van der Waals surface area contributed by atoms with Crippen LogP contribution in [-0.4, -0.2) is 41.4 Å². The fourth-order valence-corrected chi connectivity index (χ4v) is 4.23. The van der Waals surface area contributed by atoms with E-state index in [1.165, 1.54) is 18.3 Å². The summed E-state index contributed by atoms with van der Waals surface area (Å²) < 4.78 is 5.27. The Morgan fingerprint density at radius 1 is 1.42 bits per heavy atom. The van der Waals surface area contributed by atoms with Gasteiger partial charge in [-0.05, 0) is 31.2 Å². The normalized spacial score (nSPS) is 21.5. The van der Waals surface area contributed by atoms with Gasteiger partial charge in [-0.1, -0.05) is 12.8 Å². The maximum atomic E-state index is 12.4. The number of likely N-dealkylation sites (tertiary alicyclic amines) is 1. The van der Waals surface area contributed by atoms with Crippen LogP contribution in [0, 0.1) is 17.2 Å². The Bertz CT molecular complexity index is 748. The minimum atomic E-state index is -0.994. The van der Waals surface area contributed by atoms with Gasteiger partial charge >= 0.3 is 5.97 Å². The van der Waals surface area contributed by atoms with Gasteiger partial charge in [0.15, 0.2) is 6.10 Å². The molecule has 0 aromatic carbocycles. The van der Waals surface area contributed by atoms with Crippen molar-refractivity contribution in [3.8, 4) is 6.07 Å². The molecule has 2 aliphatic rings. The van der Waals surface area contributed by atoms with E-state index in [9.17, 15) is 14.4 Å². The van der Waals surface area contributed by atoms with E-state index < -0.39 is 23.9 Å². The number of anilines is 1. The molecule has 7 nitrogen and oxygen atoms in total. The molecule has 1 aromatic rings. The molecule has 2 heterocycles. The molecule has 1 N–H and O–H groups in total. The monoisotopic (exact) mass is 375 g/mol. The lowest BCUT2D eigenvalue weighted by molar-refractivity contribution is -0.157. The van der Waals surface area contributed by atoms with E-state index in [2.05, 4.69) is 5.32 Å². The van der Waals surface area contributed by atoms with Crippen LogP contribution in [0.3, 0.4) is 0 Å². The predicted octanol–water partition coefficient (Wildman–Crippen LogP) is 2.28. The fraction of sp³-hybridized carbons (Fsp3) is 0.556. The summed E-state index contributed by atoms with van der Waals surface area (Å²) in [4.78, 5) is 38.5. The summed E-state index contributed by atoms with van der Waals surface area (Å²) in [6.07, 6.45) is 3.38. The zero-order valence-electron chi connectivity index (χ0n) is 14.6. The number of esters is 1. The molecule has 2 atom stereocenters. The van der Waals surface area contributed by atoms with Crippen molar-refractivity contribution in [3.05, 3.63) is 17.0 Å². The smallest absolute Gasteiger partial charge is 0.312 e. The first-order chi connectivity index (χ1) is 12.5. The molecule has 1 aliphatic heterocycles. The van der Waals surface area contributed by atoms with Crippen molar-refractivity contribution in [1.29, 1.82) is 5.26 Å². The van der Waals surface area contributed by atoms with Crippen LogP contribution in [0.5, 0.6) is 0 Å². The van der Waals surface area contributed by atoms with E-state index in [-0.39, 0.29) is 18.4 Å². The van der Waals surface area contributed by atoms with E-state index in [1.807, 2.05) is 6.07 Å². The Hall–Kier alpha value is -2.40. The second-order valence-corrected chi connectivity index (χ2v) is 7.65. The molecule has 2 amide bonds. The van der Waals surface area contributed by atoms with Gasteiger partial charge in [-0.25, -0.2) is 0 Å². The van der Waals surface area contributed by atoms with Crippen molar-refractivity contribution in [2.75, 3.05) is 11.9 Å². The Balaban J connectivity index is 1.53. The number of nitrogens with one attached hydrogen (secondary N) is 1. The van der Waals surface area contributed by atoms with Crippen LogP contribution in [0.25, 0.3) is 0 Å². The molecule has 1 saturated heterocycles.